The van der Waals surface area contributed by atoms with Crippen molar-refractivity contribution in [1.29, 1.82) is 0 Å². The van der Waals surface area contributed by atoms with Gasteiger partial charge in [-0.15, -0.1) is 0 Å². The van der Waals surface area contributed by atoms with Crippen LogP contribution < -0.4 is 51.0 Å². The van der Waals surface area contributed by atoms with Crippen LogP contribution in [0.25, 0.3) is 0 Å². The number of unbranched alkanes of at least 4 members (excludes halogenated alkanes) is 16. The first-order valence-corrected chi connectivity index (χ1v) is 16.5. The van der Waals surface area contributed by atoms with Gasteiger partial charge in [0.05, 0.1) is 24.9 Å². The van der Waals surface area contributed by atoms with Gasteiger partial charge in [-0.2, -0.15) is 0 Å². The molecule has 13 heteroatoms. The average molecular weight is 652 g/mol. The van der Waals surface area contributed by atoms with Crippen LogP contribution in [-0.4, -0.2) is 57.9 Å². The van der Waals surface area contributed by atoms with E-state index in [4.69, 9.17) is 15.9 Å². The Balaban J connectivity index is -0.000000767. The molecule has 3 amide bonds. The van der Waals surface area contributed by atoms with Crippen LogP contribution in [-0.2, 0) is 28.8 Å². The second kappa shape index (κ2) is 33.2. The first kappa shape index (κ1) is 47.2. The van der Waals surface area contributed by atoms with E-state index in [9.17, 15) is 33.9 Å². The molecule has 0 aromatic carbocycles. The Morgan fingerprint density at radius 2 is 0.911 bits per heavy atom. The van der Waals surface area contributed by atoms with Crippen LogP contribution in [0.4, 0.5) is 0 Å². The number of amides is 3. The number of nitrogens with one attached hydrogen (secondary N) is 2. The molecule has 0 saturated carbocycles. The van der Waals surface area contributed by atoms with Crippen molar-refractivity contribution >= 4 is 35.6 Å². The molecule has 0 aliphatic heterocycles. The van der Waals surface area contributed by atoms with Crippen LogP contribution >= 0.6 is 0 Å². The number of carboxylic acid groups (broad SMARTS) is 3. The summed E-state index contributed by atoms with van der Waals surface area (Å²) in [4.78, 5) is 66.0. The molecule has 256 valence electrons. The normalized spacial score (nSPS) is 11.6. The first-order valence-electron chi connectivity index (χ1n) is 16.5. The second-order valence-electron chi connectivity index (χ2n) is 11.3. The van der Waals surface area contributed by atoms with Gasteiger partial charge in [-0.3, -0.25) is 19.2 Å². The average Bonchev–Trinajstić information content (AvgIpc) is 2.94. The summed E-state index contributed by atoms with van der Waals surface area (Å²) in [6.45, 7) is 4.38. The van der Waals surface area contributed by atoms with E-state index in [0.717, 1.165) is 38.5 Å². The third kappa shape index (κ3) is 34.5. The van der Waals surface area contributed by atoms with E-state index in [2.05, 4.69) is 24.5 Å². The zero-order valence-corrected chi connectivity index (χ0v) is 30.0. The molecule has 0 aromatic rings. The molecule has 0 aliphatic carbocycles. The molecule has 0 aliphatic rings. The number of hydrogen-bond acceptors (Lipinski definition) is 7. The summed E-state index contributed by atoms with van der Waals surface area (Å²) in [5.41, 5.74) is 4.95. The molecule has 0 spiro atoms. The van der Waals surface area contributed by atoms with Crippen molar-refractivity contribution in [2.75, 3.05) is 0 Å². The van der Waals surface area contributed by atoms with Gasteiger partial charge in [0.15, 0.2) is 0 Å². The van der Waals surface area contributed by atoms with Gasteiger partial charge < -0.3 is 36.5 Å². The maximum atomic E-state index is 11.6. The van der Waals surface area contributed by atoms with E-state index in [1.807, 2.05) is 0 Å². The first-order chi connectivity index (χ1) is 20.9. The number of carbonyl (C=O) groups excluding carboxylic acids is 4. The quantitative estimate of drug-likeness (QED) is 0.0601. The Hall–Kier alpha value is -2.18. The number of primary amides is 1. The molecule has 0 aromatic heterocycles. The van der Waals surface area contributed by atoms with Gasteiger partial charge in [0, 0.05) is 12.8 Å². The van der Waals surface area contributed by atoms with Crippen LogP contribution in [0, 0.1) is 0 Å². The monoisotopic (exact) mass is 651 g/mol. The van der Waals surface area contributed by atoms with E-state index >= 15 is 0 Å². The Morgan fingerprint density at radius 3 is 1.20 bits per heavy atom. The van der Waals surface area contributed by atoms with Crippen molar-refractivity contribution in [2.45, 2.75) is 167 Å². The minimum atomic E-state index is -1.57. The minimum absolute atomic E-state index is 0. The summed E-state index contributed by atoms with van der Waals surface area (Å²) in [7, 11) is 0. The molecule has 0 bridgehead atoms. The largest absolute Gasteiger partial charge is 1.00 e. The smallest absolute Gasteiger partial charge is 0.548 e. The van der Waals surface area contributed by atoms with Crippen molar-refractivity contribution in [2.24, 2.45) is 5.73 Å². The Labute approximate surface area is 291 Å². The summed E-state index contributed by atoms with van der Waals surface area (Å²) < 4.78 is 0. The number of nitrogens with two attached hydrogens (primary N) is 1. The molecule has 6 N–H and O–H groups in total. The number of rotatable bonds is 28. The van der Waals surface area contributed by atoms with Gasteiger partial charge in [-0.05, 0) is 12.8 Å². The van der Waals surface area contributed by atoms with Gasteiger partial charge in [0.2, 0.25) is 17.7 Å². The summed E-state index contributed by atoms with van der Waals surface area (Å²) in [6, 6.07) is -2.67. The number of carbonyl (C=O) groups is 6. The summed E-state index contributed by atoms with van der Waals surface area (Å²) in [5, 5.41) is 32.7. The Bertz CT molecular complexity index is 762. The Kier molecular flexibility index (Phi) is 34.8. The van der Waals surface area contributed by atoms with E-state index < -0.39 is 48.2 Å². The summed E-state index contributed by atoms with van der Waals surface area (Å²) in [6.07, 6.45) is 20.0. The molecular formula is C32H58N3NaO9. The van der Waals surface area contributed by atoms with E-state index in [0.29, 0.717) is 12.8 Å². The molecule has 0 heterocycles. The zero-order valence-electron chi connectivity index (χ0n) is 28.0. The fourth-order valence-electron chi connectivity index (χ4n) is 4.49. The molecule has 45 heavy (non-hydrogen) atoms. The molecule has 2 atom stereocenters. The molecular weight excluding hydrogens is 593 g/mol. The van der Waals surface area contributed by atoms with Crippen LogP contribution in [0.15, 0.2) is 0 Å². The minimum Gasteiger partial charge on any atom is -0.548 e. The third-order valence-corrected chi connectivity index (χ3v) is 7.05. The number of carboxylic acids is 3. The zero-order chi connectivity index (χ0) is 33.6. The fraction of sp³-hybridized carbons (Fsp3) is 0.812. The predicted octanol–water partition coefficient (Wildman–Crippen LogP) is 0.973. The van der Waals surface area contributed by atoms with Gasteiger partial charge >= 0.3 is 41.5 Å². The maximum absolute atomic E-state index is 11.6. The fourth-order valence-corrected chi connectivity index (χ4v) is 4.49. The van der Waals surface area contributed by atoms with Crippen molar-refractivity contribution in [3.8, 4) is 0 Å². The topological polar surface area (TPSA) is 216 Å². The maximum Gasteiger partial charge on any atom is 1.00 e. The van der Waals surface area contributed by atoms with Crippen LogP contribution in [0.2, 0.25) is 0 Å². The standard InChI is InChI=1S/C16H30N2O4.C16H29NO5.Na/c1-2-3-4-5-6-7-8-9-10-11-15(20)18-13(16(21)22)12-14(17)19;1-2-3-4-5-6-7-8-9-10-11-14(18)17-13(16(21)22)12-15(19)20;/h13H,2-12H2,1H3,(H2,17,19)(H,18,20)(H,21,22);13H,2-12H2,1H3,(H,17,18)(H,19,20)(H,21,22);/q;;+1/p-1/t2*13-;/m00./s1. The third-order valence-electron chi connectivity index (χ3n) is 7.05. The van der Waals surface area contributed by atoms with E-state index in [1.165, 1.54) is 70.6 Å². The molecule has 0 fully saturated rings. The predicted molar refractivity (Wildman–Crippen MR) is 166 cm³/mol. The van der Waals surface area contributed by atoms with E-state index in [-0.39, 0.29) is 48.3 Å². The van der Waals surface area contributed by atoms with Crippen molar-refractivity contribution in [1.82, 2.24) is 10.6 Å². The van der Waals surface area contributed by atoms with Crippen molar-refractivity contribution in [3.63, 3.8) is 0 Å². The second-order valence-corrected chi connectivity index (χ2v) is 11.3. The van der Waals surface area contributed by atoms with Crippen LogP contribution in [0.1, 0.15) is 155 Å². The molecule has 0 saturated heterocycles. The van der Waals surface area contributed by atoms with Crippen molar-refractivity contribution < 1.29 is 73.6 Å². The molecule has 0 unspecified atom stereocenters. The number of hydrogen-bond donors (Lipinski definition) is 5. The summed E-state index contributed by atoms with van der Waals surface area (Å²) >= 11 is 0. The van der Waals surface area contributed by atoms with Crippen molar-refractivity contribution in [3.05, 3.63) is 0 Å². The van der Waals surface area contributed by atoms with Gasteiger partial charge in [0.25, 0.3) is 0 Å². The molecule has 12 nitrogen and oxygen atoms in total. The Morgan fingerprint density at radius 1 is 0.578 bits per heavy atom. The summed E-state index contributed by atoms with van der Waals surface area (Å²) in [5.74, 6) is -5.59. The van der Waals surface area contributed by atoms with E-state index in [1.54, 1.807) is 0 Å². The number of aliphatic carboxylic acids is 3. The van der Waals surface area contributed by atoms with Crippen LogP contribution in [0.3, 0.4) is 0 Å². The van der Waals surface area contributed by atoms with Gasteiger partial charge in [0.1, 0.15) is 6.04 Å². The molecule has 0 rings (SSSR count). The van der Waals surface area contributed by atoms with Crippen LogP contribution in [0.5, 0.6) is 0 Å². The SMILES string of the molecule is CCCCCCCCCCCC(=O)N[C@@H](CC(=O)O)C(=O)[O-].CCCCCCCCCCCC(=O)N[C@@H](CC(N)=O)C(=O)O.[Na+]. The van der Waals surface area contributed by atoms with Gasteiger partial charge in [-0.1, -0.05) is 117 Å². The van der Waals surface area contributed by atoms with Gasteiger partial charge in [-0.25, -0.2) is 4.79 Å². The molecule has 0 radical (unpaired) electrons.